The van der Waals surface area contributed by atoms with Gasteiger partial charge in [-0.1, -0.05) is 12.2 Å². The standard InChI is InChI=1S/C12H14F3N3S2/c13-12(14,15)9-4-3-8(10(16)19)11(18-9)17-7-2-1-5-20-6-7/h3-4,7H,1-2,5-6H2,(H2,16,19)(H,17,18). The minimum absolute atomic E-state index is 0.0391. The highest BCUT2D eigenvalue weighted by Crippen LogP contribution is 2.30. The molecule has 8 heteroatoms. The van der Waals surface area contributed by atoms with E-state index in [0.717, 1.165) is 30.4 Å². The molecule has 1 aliphatic heterocycles. The number of halogens is 3. The monoisotopic (exact) mass is 321 g/mol. The number of thioether (sulfide) groups is 1. The Morgan fingerprint density at radius 1 is 1.45 bits per heavy atom. The molecule has 0 spiro atoms. The van der Waals surface area contributed by atoms with Crippen LogP contribution in [0.3, 0.4) is 0 Å². The van der Waals surface area contributed by atoms with Crippen molar-refractivity contribution in [2.75, 3.05) is 16.8 Å². The van der Waals surface area contributed by atoms with E-state index in [0.29, 0.717) is 5.56 Å². The van der Waals surface area contributed by atoms with Crippen molar-refractivity contribution in [3.8, 4) is 0 Å². The van der Waals surface area contributed by atoms with Gasteiger partial charge >= 0.3 is 6.18 Å². The van der Waals surface area contributed by atoms with Crippen LogP contribution in [0.5, 0.6) is 0 Å². The van der Waals surface area contributed by atoms with Crippen molar-refractivity contribution in [2.45, 2.75) is 25.1 Å². The SMILES string of the molecule is NC(=S)c1ccc(C(F)(F)F)nc1NC1CCCSC1. The summed E-state index contributed by atoms with van der Waals surface area (Å²) in [5, 5.41) is 3.04. The summed E-state index contributed by atoms with van der Waals surface area (Å²) in [5.74, 6) is 2.05. The fourth-order valence-corrected chi connectivity index (χ4v) is 3.21. The Morgan fingerprint density at radius 2 is 2.20 bits per heavy atom. The van der Waals surface area contributed by atoms with Crippen LogP contribution in [0.1, 0.15) is 24.1 Å². The minimum atomic E-state index is -4.48. The van der Waals surface area contributed by atoms with Crippen LogP contribution >= 0.6 is 24.0 Å². The molecule has 1 saturated heterocycles. The van der Waals surface area contributed by atoms with Crippen LogP contribution in [0.4, 0.5) is 19.0 Å². The Balaban J connectivity index is 2.29. The van der Waals surface area contributed by atoms with Crippen molar-refractivity contribution >= 4 is 34.8 Å². The fraction of sp³-hybridized carbons (Fsp3) is 0.500. The molecule has 1 aromatic heterocycles. The first-order valence-electron chi connectivity index (χ1n) is 6.10. The highest BCUT2D eigenvalue weighted by atomic mass is 32.2. The maximum absolute atomic E-state index is 12.7. The molecule has 1 aliphatic rings. The molecule has 2 heterocycles. The first-order chi connectivity index (χ1) is 9.38. The topological polar surface area (TPSA) is 50.9 Å². The van der Waals surface area contributed by atoms with Gasteiger partial charge in [0, 0.05) is 11.8 Å². The molecule has 3 N–H and O–H groups in total. The van der Waals surface area contributed by atoms with Gasteiger partial charge in [0.25, 0.3) is 0 Å². The van der Waals surface area contributed by atoms with Crippen molar-refractivity contribution in [3.05, 3.63) is 23.4 Å². The largest absolute Gasteiger partial charge is 0.433 e. The number of alkyl halides is 3. The van der Waals surface area contributed by atoms with E-state index >= 15 is 0 Å². The van der Waals surface area contributed by atoms with Gasteiger partial charge in [-0.3, -0.25) is 0 Å². The number of hydrogen-bond donors (Lipinski definition) is 2. The van der Waals surface area contributed by atoms with Gasteiger partial charge in [-0.05, 0) is 30.7 Å². The van der Waals surface area contributed by atoms with Gasteiger partial charge in [-0.2, -0.15) is 24.9 Å². The van der Waals surface area contributed by atoms with Crippen LogP contribution in [0.25, 0.3) is 0 Å². The lowest BCUT2D eigenvalue weighted by Crippen LogP contribution is -2.28. The van der Waals surface area contributed by atoms with E-state index in [2.05, 4.69) is 10.3 Å². The van der Waals surface area contributed by atoms with E-state index in [-0.39, 0.29) is 16.8 Å². The summed E-state index contributed by atoms with van der Waals surface area (Å²) in [4.78, 5) is 3.69. The molecule has 0 amide bonds. The van der Waals surface area contributed by atoms with Gasteiger partial charge in [0.1, 0.15) is 16.5 Å². The third-order valence-corrected chi connectivity index (χ3v) is 4.39. The lowest BCUT2D eigenvalue weighted by Gasteiger charge is -2.24. The van der Waals surface area contributed by atoms with Crippen LogP contribution in [0.15, 0.2) is 12.1 Å². The zero-order chi connectivity index (χ0) is 14.8. The predicted octanol–water partition coefficient (Wildman–Crippen LogP) is 3.04. The van der Waals surface area contributed by atoms with Crippen LogP contribution < -0.4 is 11.1 Å². The molecular formula is C12H14F3N3S2. The molecule has 0 radical (unpaired) electrons. The second-order valence-electron chi connectivity index (χ2n) is 4.51. The summed E-state index contributed by atoms with van der Waals surface area (Å²) in [6, 6.07) is 2.27. The molecular weight excluding hydrogens is 307 g/mol. The lowest BCUT2D eigenvalue weighted by molar-refractivity contribution is -0.141. The molecule has 1 atom stereocenters. The van der Waals surface area contributed by atoms with Crippen LogP contribution in [0, 0.1) is 0 Å². The quantitative estimate of drug-likeness (QED) is 0.838. The molecule has 0 aliphatic carbocycles. The first kappa shape index (κ1) is 15.4. The van der Waals surface area contributed by atoms with Gasteiger partial charge < -0.3 is 11.1 Å². The number of anilines is 1. The lowest BCUT2D eigenvalue weighted by atomic mass is 10.1. The molecule has 0 bridgehead atoms. The van der Waals surface area contributed by atoms with E-state index in [4.69, 9.17) is 18.0 Å². The highest BCUT2D eigenvalue weighted by molar-refractivity contribution is 7.99. The normalized spacial score (nSPS) is 19.6. The second kappa shape index (κ2) is 6.17. The number of rotatable bonds is 3. The van der Waals surface area contributed by atoms with E-state index in [9.17, 15) is 13.2 Å². The molecule has 0 saturated carbocycles. The fourth-order valence-electron chi connectivity index (χ4n) is 1.97. The first-order valence-corrected chi connectivity index (χ1v) is 7.66. The average Bonchev–Trinajstić information content (AvgIpc) is 2.38. The summed E-state index contributed by atoms with van der Waals surface area (Å²) >= 11 is 6.63. The number of nitrogens with one attached hydrogen (secondary N) is 1. The minimum Gasteiger partial charge on any atom is -0.389 e. The summed E-state index contributed by atoms with van der Waals surface area (Å²) < 4.78 is 38.2. The van der Waals surface area contributed by atoms with Crippen molar-refractivity contribution in [1.82, 2.24) is 4.98 Å². The molecule has 0 aromatic carbocycles. The second-order valence-corrected chi connectivity index (χ2v) is 6.10. The number of nitrogens with zero attached hydrogens (tertiary/aromatic N) is 1. The third-order valence-electron chi connectivity index (χ3n) is 2.95. The van der Waals surface area contributed by atoms with Crippen molar-refractivity contribution in [3.63, 3.8) is 0 Å². The molecule has 1 unspecified atom stereocenters. The number of nitrogens with two attached hydrogens (primary N) is 1. The van der Waals surface area contributed by atoms with E-state index in [1.54, 1.807) is 11.8 Å². The van der Waals surface area contributed by atoms with E-state index in [1.165, 1.54) is 6.07 Å². The molecule has 2 rings (SSSR count). The summed E-state index contributed by atoms with van der Waals surface area (Å²) in [7, 11) is 0. The average molecular weight is 321 g/mol. The number of pyridine rings is 1. The van der Waals surface area contributed by atoms with Crippen molar-refractivity contribution < 1.29 is 13.2 Å². The summed E-state index contributed by atoms with van der Waals surface area (Å²) in [6.07, 6.45) is -2.54. The Labute approximate surface area is 124 Å². The maximum Gasteiger partial charge on any atom is 0.433 e. The Morgan fingerprint density at radius 3 is 2.75 bits per heavy atom. The number of thiocarbonyl (C=S) groups is 1. The third kappa shape index (κ3) is 3.76. The van der Waals surface area contributed by atoms with E-state index in [1.807, 2.05) is 0 Å². The maximum atomic E-state index is 12.7. The Hall–Kier alpha value is -1.02. The van der Waals surface area contributed by atoms with Crippen LogP contribution in [-0.2, 0) is 6.18 Å². The van der Waals surface area contributed by atoms with Gasteiger partial charge in [-0.15, -0.1) is 0 Å². The summed E-state index contributed by atoms with van der Waals surface area (Å²) in [6.45, 7) is 0. The molecule has 1 fully saturated rings. The molecule has 110 valence electrons. The van der Waals surface area contributed by atoms with Gasteiger partial charge in [-0.25, -0.2) is 4.98 Å². The van der Waals surface area contributed by atoms with Crippen LogP contribution in [-0.4, -0.2) is 27.5 Å². The van der Waals surface area contributed by atoms with Gasteiger partial charge in [0.2, 0.25) is 0 Å². The van der Waals surface area contributed by atoms with Crippen LogP contribution in [0.2, 0.25) is 0 Å². The molecule has 20 heavy (non-hydrogen) atoms. The number of hydrogen-bond acceptors (Lipinski definition) is 4. The van der Waals surface area contributed by atoms with E-state index < -0.39 is 11.9 Å². The zero-order valence-electron chi connectivity index (χ0n) is 10.5. The van der Waals surface area contributed by atoms with Crippen molar-refractivity contribution in [2.24, 2.45) is 5.73 Å². The Kier molecular flexibility index (Phi) is 4.74. The predicted molar refractivity (Wildman–Crippen MR) is 79.1 cm³/mol. The molecule has 3 nitrogen and oxygen atoms in total. The molecule has 1 aromatic rings. The van der Waals surface area contributed by atoms with Crippen molar-refractivity contribution in [1.29, 1.82) is 0 Å². The highest BCUT2D eigenvalue weighted by Gasteiger charge is 2.33. The zero-order valence-corrected chi connectivity index (χ0v) is 12.2. The smallest absolute Gasteiger partial charge is 0.389 e. The summed E-state index contributed by atoms with van der Waals surface area (Å²) in [5.41, 5.74) is 4.95. The van der Waals surface area contributed by atoms with Gasteiger partial charge in [0.15, 0.2) is 0 Å². The number of aromatic nitrogens is 1. The van der Waals surface area contributed by atoms with Gasteiger partial charge in [0.05, 0.1) is 5.56 Å². The Bertz CT molecular complexity index is 499.